The highest BCUT2D eigenvalue weighted by Crippen LogP contribution is 2.45. The van der Waals surface area contributed by atoms with Gasteiger partial charge >= 0.3 is 0 Å². The SMILES string of the molecule is N=C1CC(=O)CC2(CCCCC2)C1. The molecule has 0 heterocycles. The average Bonchev–Trinajstić information content (AvgIpc) is 2.02. The van der Waals surface area contributed by atoms with Crippen LogP contribution in [-0.4, -0.2) is 11.5 Å². The molecule has 72 valence electrons. The number of carbonyl (C=O) groups excluding carboxylic acids is 1. The Morgan fingerprint density at radius 1 is 1.08 bits per heavy atom. The Morgan fingerprint density at radius 3 is 2.38 bits per heavy atom. The van der Waals surface area contributed by atoms with Gasteiger partial charge in [-0.3, -0.25) is 4.79 Å². The molecule has 1 N–H and O–H groups in total. The van der Waals surface area contributed by atoms with Gasteiger partial charge < -0.3 is 5.41 Å². The van der Waals surface area contributed by atoms with Gasteiger partial charge in [-0.25, -0.2) is 0 Å². The van der Waals surface area contributed by atoms with Crippen LogP contribution in [0.15, 0.2) is 0 Å². The molecule has 0 atom stereocenters. The van der Waals surface area contributed by atoms with Crippen molar-refractivity contribution in [1.29, 1.82) is 5.41 Å². The van der Waals surface area contributed by atoms with E-state index in [-0.39, 0.29) is 5.41 Å². The lowest BCUT2D eigenvalue weighted by atomic mass is 9.64. The monoisotopic (exact) mass is 179 g/mol. The number of ketones is 1. The van der Waals surface area contributed by atoms with Gasteiger partial charge in [0.1, 0.15) is 5.78 Å². The van der Waals surface area contributed by atoms with Crippen molar-refractivity contribution in [2.45, 2.75) is 51.4 Å². The first kappa shape index (κ1) is 8.92. The summed E-state index contributed by atoms with van der Waals surface area (Å²) in [5, 5.41) is 7.66. The summed E-state index contributed by atoms with van der Waals surface area (Å²) < 4.78 is 0. The second kappa shape index (κ2) is 3.24. The minimum absolute atomic E-state index is 0.227. The summed E-state index contributed by atoms with van der Waals surface area (Å²) in [6.07, 6.45) is 8.31. The summed E-state index contributed by atoms with van der Waals surface area (Å²) >= 11 is 0. The number of carbonyl (C=O) groups is 1. The normalized spacial score (nSPS) is 28.0. The van der Waals surface area contributed by atoms with Crippen LogP contribution >= 0.6 is 0 Å². The van der Waals surface area contributed by atoms with Crippen molar-refractivity contribution in [1.82, 2.24) is 0 Å². The highest BCUT2D eigenvalue weighted by Gasteiger charge is 2.38. The molecule has 0 aliphatic heterocycles. The van der Waals surface area contributed by atoms with Crippen LogP contribution in [0.1, 0.15) is 51.4 Å². The molecule has 1 spiro atoms. The molecule has 0 aromatic carbocycles. The number of nitrogens with one attached hydrogen (secondary N) is 1. The molecule has 0 unspecified atom stereocenters. The summed E-state index contributed by atoms with van der Waals surface area (Å²) in [5.74, 6) is 0.304. The van der Waals surface area contributed by atoms with Gasteiger partial charge in [-0.15, -0.1) is 0 Å². The number of hydrogen-bond acceptors (Lipinski definition) is 2. The van der Waals surface area contributed by atoms with Gasteiger partial charge in [0.2, 0.25) is 0 Å². The maximum Gasteiger partial charge on any atom is 0.139 e. The largest absolute Gasteiger partial charge is 0.309 e. The van der Waals surface area contributed by atoms with Crippen LogP contribution in [0.4, 0.5) is 0 Å². The molecule has 0 bridgehead atoms. The molecule has 2 heteroatoms. The number of hydrogen-bond donors (Lipinski definition) is 1. The number of rotatable bonds is 0. The average molecular weight is 179 g/mol. The van der Waals surface area contributed by atoms with Gasteiger partial charge in [0.25, 0.3) is 0 Å². The second-order valence-corrected chi connectivity index (χ2v) is 4.73. The number of Topliss-reactive ketones (excluding diaryl/α,β-unsaturated/α-hetero) is 1. The Hall–Kier alpha value is -0.660. The Labute approximate surface area is 79.2 Å². The lowest BCUT2D eigenvalue weighted by Crippen LogP contribution is -2.35. The van der Waals surface area contributed by atoms with Gasteiger partial charge in [-0.05, 0) is 24.7 Å². The van der Waals surface area contributed by atoms with Crippen LogP contribution < -0.4 is 0 Å². The minimum atomic E-state index is 0.227. The Kier molecular flexibility index (Phi) is 2.22. The van der Waals surface area contributed by atoms with E-state index in [4.69, 9.17) is 5.41 Å². The van der Waals surface area contributed by atoms with Gasteiger partial charge in [-0.1, -0.05) is 19.3 Å². The standard InChI is InChI=1S/C11H17NO/c12-9-6-10(13)8-11(7-9)4-2-1-3-5-11/h12H,1-8H2. The molecule has 0 amide bonds. The third-order valence-corrected chi connectivity index (χ3v) is 3.49. The van der Waals surface area contributed by atoms with Crippen LogP contribution in [0, 0.1) is 10.8 Å². The van der Waals surface area contributed by atoms with Gasteiger partial charge in [0, 0.05) is 18.6 Å². The third kappa shape index (κ3) is 1.82. The van der Waals surface area contributed by atoms with E-state index < -0.39 is 0 Å². The zero-order valence-corrected chi connectivity index (χ0v) is 8.07. The molecule has 0 aromatic rings. The van der Waals surface area contributed by atoms with E-state index in [0.717, 1.165) is 12.8 Å². The van der Waals surface area contributed by atoms with Crippen LogP contribution in [0.25, 0.3) is 0 Å². The van der Waals surface area contributed by atoms with E-state index in [0.29, 0.717) is 17.9 Å². The fourth-order valence-electron chi connectivity index (χ4n) is 2.95. The van der Waals surface area contributed by atoms with Crippen LogP contribution in [0.3, 0.4) is 0 Å². The van der Waals surface area contributed by atoms with Crippen molar-refractivity contribution in [3.05, 3.63) is 0 Å². The van der Waals surface area contributed by atoms with Gasteiger partial charge in [0.05, 0.1) is 0 Å². The molecule has 0 radical (unpaired) electrons. The molecule has 2 saturated carbocycles. The summed E-state index contributed by atoms with van der Waals surface area (Å²) in [6.45, 7) is 0. The van der Waals surface area contributed by atoms with Gasteiger partial charge in [0.15, 0.2) is 0 Å². The first-order valence-electron chi connectivity index (χ1n) is 5.28. The molecule has 2 aliphatic rings. The first-order chi connectivity index (χ1) is 6.20. The van der Waals surface area contributed by atoms with E-state index in [2.05, 4.69) is 0 Å². The van der Waals surface area contributed by atoms with Crippen molar-refractivity contribution in [3.8, 4) is 0 Å². The van der Waals surface area contributed by atoms with Crippen LogP contribution in [-0.2, 0) is 4.79 Å². The third-order valence-electron chi connectivity index (χ3n) is 3.49. The summed E-state index contributed by atoms with van der Waals surface area (Å²) in [4.78, 5) is 11.4. The molecule has 2 rings (SSSR count). The molecular formula is C11H17NO. The van der Waals surface area contributed by atoms with Crippen molar-refractivity contribution < 1.29 is 4.79 Å². The van der Waals surface area contributed by atoms with E-state index in [1.807, 2.05) is 0 Å². The second-order valence-electron chi connectivity index (χ2n) is 4.73. The van der Waals surface area contributed by atoms with E-state index in [9.17, 15) is 4.79 Å². The smallest absolute Gasteiger partial charge is 0.139 e. The molecule has 13 heavy (non-hydrogen) atoms. The molecule has 0 saturated heterocycles. The Balaban J connectivity index is 2.11. The minimum Gasteiger partial charge on any atom is -0.309 e. The molecule has 2 fully saturated rings. The summed E-state index contributed by atoms with van der Waals surface area (Å²) in [5.41, 5.74) is 0.906. The highest BCUT2D eigenvalue weighted by molar-refractivity contribution is 6.03. The molecule has 2 aliphatic carbocycles. The van der Waals surface area contributed by atoms with E-state index >= 15 is 0 Å². The van der Waals surface area contributed by atoms with Crippen molar-refractivity contribution in [3.63, 3.8) is 0 Å². The predicted octanol–water partition coefficient (Wildman–Crippen LogP) is 2.71. The molecule has 0 aromatic heterocycles. The Morgan fingerprint density at radius 2 is 1.77 bits per heavy atom. The molecule has 2 nitrogen and oxygen atoms in total. The zero-order valence-electron chi connectivity index (χ0n) is 8.07. The fraction of sp³-hybridized carbons (Fsp3) is 0.818. The maximum absolute atomic E-state index is 11.4. The van der Waals surface area contributed by atoms with E-state index in [1.54, 1.807) is 0 Å². The first-order valence-corrected chi connectivity index (χ1v) is 5.28. The molecular weight excluding hydrogens is 162 g/mol. The summed E-state index contributed by atoms with van der Waals surface area (Å²) in [7, 11) is 0. The lowest BCUT2D eigenvalue weighted by Gasteiger charge is -2.39. The fourth-order valence-corrected chi connectivity index (χ4v) is 2.95. The Bertz CT molecular complexity index is 220. The van der Waals surface area contributed by atoms with Crippen molar-refractivity contribution in [2.24, 2.45) is 5.41 Å². The van der Waals surface area contributed by atoms with Crippen molar-refractivity contribution >= 4 is 11.5 Å². The lowest BCUT2D eigenvalue weighted by molar-refractivity contribution is -0.121. The van der Waals surface area contributed by atoms with Crippen LogP contribution in [0.5, 0.6) is 0 Å². The topological polar surface area (TPSA) is 40.9 Å². The highest BCUT2D eigenvalue weighted by atomic mass is 16.1. The predicted molar refractivity (Wildman–Crippen MR) is 52.1 cm³/mol. The van der Waals surface area contributed by atoms with E-state index in [1.165, 1.54) is 32.1 Å². The zero-order chi connectivity index (χ0) is 9.31. The van der Waals surface area contributed by atoms with Crippen molar-refractivity contribution in [2.75, 3.05) is 0 Å². The maximum atomic E-state index is 11.4. The quantitative estimate of drug-likeness (QED) is 0.610. The van der Waals surface area contributed by atoms with Crippen LogP contribution in [0.2, 0.25) is 0 Å². The summed E-state index contributed by atoms with van der Waals surface area (Å²) in [6, 6.07) is 0. The van der Waals surface area contributed by atoms with Gasteiger partial charge in [-0.2, -0.15) is 0 Å².